The Morgan fingerprint density at radius 3 is 2.74 bits per heavy atom. The summed E-state index contributed by atoms with van der Waals surface area (Å²) in [5.41, 5.74) is 0.474. The molecular formula is C19H32N4O3S. The van der Waals surface area contributed by atoms with E-state index in [4.69, 9.17) is 0 Å². The molecule has 0 saturated carbocycles. The molecule has 0 bridgehead atoms. The van der Waals surface area contributed by atoms with E-state index in [-0.39, 0.29) is 16.2 Å². The summed E-state index contributed by atoms with van der Waals surface area (Å²) in [4.78, 5) is 12.9. The number of carbonyl (C=O) groups excluding carboxylic acids is 1. The lowest BCUT2D eigenvalue weighted by Gasteiger charge is -2.34. The van der Waals surface area contributed by atoms with E-state index in [1.807, 2.05) is 0 Å². The van der Waals surface area contributed by atoms with Crippen molar-refractivity contribution in [1.29, 1.82) is 0 Å². The fraction of sp³-hybridized carbons (Fsp3) is 0.737. The lowest BCUT2D eigenvalue weighted by molar-refractivity contribution is 0.0914. The van der Waals surface area contributed by atoms with Crippen molar-refractivity contribution in [1.82, 2.24) is 19.5 Å². The first-order chi connectivity index (χ1) is 12.7. The van der Waals surface area contributed by atoms with Gasteiger partial charge in [-0.1, -0.05) is 13.8 Å². The summed E-state index contributed by atoms with van der Waals surface area (Å²) in [6.45, 7) is 7.89. The first kappa shape index (κ1) is 20.4. The van der Waals surface area contributed by atoms with Gasteiger partial charge in [0.05, 0.1) is 0 Å². The molecule has 3 heterocycles. The molecule has 7 nitrogen and oxygen atoms in total. The van der Waals surface area contributed by atoms with Gasteiger partial charge in [-0.05, 0) is 56.2 Å². The first-order valence-electron chi connectivity index (χ1n) is 9.87. The second kappa shape index (κ2) is 7.93. The Morgan fingerprint density at radius 2 is 2.07 bits per heavy atom. The first-order valence-corrected chi connectivity index (χ1v) is 11.3. The van der Waals surface area contributed by atoms with Crippen LogP contribution in [0.5, 0.6) is 0 Å². The van der Waals surface area contributed by atoms with Crippen LogP contribution in [0.1, 0.15) is 50.0 Å². The minimum Gasteiger partial charge on any atom is -0.350 e. The van der Waals surface area contributed by atoms with E-state index in [0.717, 1.165) is 38.8 Å². The van der Waals surface area contributed by atoms with Gasteiger partial charge in [0, 0.05) is 32.9 Å². The third-order valence-corrected chi connectivity index (χ3v) is 7.79. The molecular weight excluding hydrogens is 364 g/mol. The molecule has 2 aliphatic rings. The molecule has 1 amide bonds. The molecule has 2 aliphatic heterocycles. The van der Waals surface area contributed by atoms with Crippen LogP contribution in [0.2, 0.25) is 0 Å². The fourth-order valence-corrected chi connectivity index (χ4v) is 5.68. The summed E-state index contributed by atoms with van der Waals surface area (Å²) in [7, 11) is -1.83. The highest BCUT2D eigenvalue weighted by atomic mass is 32.2. The second-order valence-electron chi connectivity index (χ2n) is 8.53. The summed E-state index contributed by atoms with van der Waals surface area (Å²) >= 11 is 0. The quantitative estimate of drug-likeness (QED) is 0.791. The summed E-state index contributed by atoms with van der Waals surface area (Å²) < 4.78 is 29.1. The van der Waals surface area contributed by atoms with Crippen LogP contribution in [-0.2, 0) is 17.1 Å². The van der Waals surface area contributed by atoms with E-state index >= 15 is 0 Å². The molecule has 0 aromatic carbocycles. The Morgan fingerprint density at radius 1 is 1.37 bits per heavy atom. The molecule has 1 aromatic heterocycles. The topological polar surface area (TPSA) is 83.4 Å². The number of sulfonamides is 1. The standard InChI is InChI=1S/C19H32N4O3S/c1-15-5-4-10-23(12-15)27(25,26)16-11-17(22(3)13-16)18(24)21-14-19(2)6-8-20-9-7-19/h11,13,15,20H,4-10,12,14H2,1-3H3,(H,21,24). The Labute approximate surface area is 162 Å². The maximum absolute atomic E-state index is 13.0. The Balaban J connectivity index is 1.70. The Kier molecular flexibility index (Phi) is 5.98. The van der Waals surface area contributed by atoms with Crippen molar-refractivity contribution in [3.63, 3.8) is 0 Å². The van der Waals surface area contributed by atoms with E-state index < -0.39 is 10.0 Å². The third-order valence-electron chi connectivity index (χ3n) is 5.96. The summed E-state index contributed by atoms with van der Waals surface area (Å²) in [5, 5.41) is 6.34. The zero-order chi connectivity index (χ0) is 19.7. The van der Waals surface area contributed by atoms with Crippen molar-refractivity contribution in [3.8, 4) is 0 Å². The van der Waals surface area contributed by atoms with Crippen molar-refractivity contribution < 1.29 is 13.2 Å². The molecule has 2 saturated heterocycles. The average Bonchev–Trinajstić information content (AvgIpc) is 3.03. The molecule has 1 atom stereocenters. The van der Waals surface area contributed by atoms with Gasteiger partial charge in [-0.15, -0.1) is 0 Å². The van der Waals surface area contributed by atoms with Crippen LogP contribution in [0, 0.1) is 11.3 Å². The van der Waals surface area contributed by atoms with Gasteiger partial charge in [0.15, 0.2) is 0 Å². The van der Waals surface area contributed by atoms with Gasteiger partial charge in [-0.2, -0.15) is 4.31 Å². The van der Waals surface area contributed by atoms with Crippen LogP contribution in [0.25, 0.3) is 0 Å². The monoisotopic (exact) mass is 396 g/mol. The van der Waals surface area contributed by atoms with Crippen LogP contribution < -0.4 is 10.6 Å². The fourth-order valence-electron chi connectivity index (χ4n) is 4.01. The minimum absolute atomic E-state index is 0.0882. The van der Waals surface area contributed by atoms with Gasteiger partial charge in [0.1, 0.15) is 10.6 Å². The van der Waals surface area contributed by atoms with E-state index in [2.05, 4.69) is 24.5 Å². The van der Waals surface area contributed by atoms with Crippen LogP contribution in [0.4, 0.5) is 0 Å². The number of aryl methyl sites for hydroxylation is 1. The smallest absolute Gasteiger partial charge is 0.267 e. The molecule has 3 rings (SSSR count). The number of aromatic nitrogens is 1. The number of hydrogen-bond donors (Lipinski definition) is 2. The van der Waals surface area contributed by atoms with Gasteiger partial charge < -0.3 is 15.2 Å². The van der Waals surface area contributed by atoms with Gasteiger partial charge in [0.2, 0.25) is 10.0 Å². The van der Waals surface area contributed by atoms with E-state index in [1.165, 1.54) is 6.07 Å². The largest absolute Gasteiger partial charge is 0.350 e. The number of nitrogens with one attached hydrogen (secondary N) is 2. The minimum atomic E-state index is -3.55. The van der Waals surface area contributed by atoms with Crippen LogP contribution >= 0.6 is 0 Å². The molecule has 0 aliphatic carbocycles. The van der Waals surface area contributed by atoms with Gasteiger partial charge >= 0.3 is 0 Å². The maximum Gasteiger partial charge on any atom is 0.267 e. The van der Waals surface area contributed by atoms with Crippen LogP contribution in [0.3, 0.4) is 0 Å². The number of rotatable bonds is 5. The van der Waals surface area contributed by atoms with E-state index in [1.54, 1.807) is 22.1 Å². The highest BCUT2D eigenvalue weighted by molar-refractivity contribution is 7.89. The zero-order valence-electron chi connectivity index (χ0n) is 16.6. The SMILES string of the molecule is CC1CCCN(S(=O)(=O)c2cc(C(=O)NCC3(C)CCNCC3)n(C)c2)C1. The molecule has 152 valence electrons. The number of hydrogen-bond acceptors (Lipinski definition) is 4. The lowest BCUT2D eigenvalue weighted by atomic mass is 9.81. The van der Waals surface area contributed by atoms with Crippen LogP contribution in [-0.4, -0.2) is 55.9 Å². The summed E-state index contributed by atoms with van der Waals surface area (Å²) in [5.74, 6) is 0.149. The molecule has 0 spiro atoms. The number of carbonyl (C=O) groups is 1. The van der Waals surface area contributed by atoms with E-state index in [9.17, 15) is 13.2 Å². The molecule has 2 N–H and O–H groups in total. The Bertz CT molecular complexity index is 781. The van der Waals surface area contributed by atoms with Crippen molar-refractivity contribution in [2.24, 2.45) is 18.4 Å². The zero-order valence-corrected chi connectivity index (χ0v) is 17.4. The van der Waals surface area contributed by atoms with Gasteiger partial charge in [0.25, 0.3) is 5.91 Å². The molecule has 2 fully saturated rings. The predicted molar refractivity (Wildman–Crippen MR) is 105 cm³/mol. The number of nitrogens with zero attached hydrogens (tertiary/aromatic N) is 2. The molecule has 0 radical (unpaired) electrons. The van der Waals surface area contributed by atoms with Crippen LogP contribution in [0.15, 0.2) is 17.2 Å². The average molecular weight is 397 g/mol. The molecule has 1 unspecified atom stereocenters. The molecule has 27 heavy (non-hydrogen) atoms. The van der Waals surface area contributed by atoms with Crippen molar-refractivity contribution in [2.75, 3.05) is 32.7 Å². The highest BCUT2D eigenvalue weighted by Gasteiger charge is 2.31. The molecule has 1 aromatic rings. The Hall–Kier alpha value is -1.38. The maximum atomic E-state index is 13.0. The van der Waals surface area contributed by atoms with Gasteiger partial charge in [-0.3, -0.25) is 4.79 Å². The van der Waals surface area contributed by atoms with Gasteiger partial charge in [-0.25, -0.2) is 8.42 Å². The third kappa shape index (κ3) is 4.55. The molecule has 8 heteroatoms. The number of piperidine rings is 2. The van der Waals surface area contributed by atoms with Crippen molar-refractivity contribution in [3.05, 3.63) is 18.0 Å². The highest BCUT2D eigenvalue weighted by Crippen LogP contribution is 2.27. The number of amides is 1. The van der Waals surface area contributed by atoms with Crippen molar-refractivity contribution in [2.45, 2.75) is 44.4 Å². The normalized spacial score (nSPS) is 23.9. The van der Waals surface area contributed by atoms with E-state index in [0.29, 0.717) is 31.2 Å². The lowest BCUT2D eigenvalue weighted by Crippen LogP contribution is -2.43. The summed E-state index contributed by atoms with van der Waals surface area (Å²) in [6.07, 6.45) is 5.53. The second-order valence-corrected chi connectivity index (χ2v) is 10.5. The predicted octanol–water partition coefficient (Wildman–Crippen LogP) is 1.57. The summed E-state index contributed by atoms with van der Waals surface area (Å²) in [6, 6.07) is 1.51. The van der Waals surface area contributed by atoms with Crippen molar-refractivity contribution >= 4 is 15.9 Å².